The first-order valence-electron chi connectivity index (χ1n) is 3.63. The summed E-state index contributed by atoms with van der Waals surface area (Å²) >= 11 is 0. The first-order chi connectivity index (χ1) is 7.27. The quantitative estimate of drug-likeness (QED) is 0.538. The summed E-state index contributed by atoms with van der Waals surface area (Å²) in [5.41, 5.74) is 0. The van der Waals surface area contributed by atoms with Gasteiger partial charge in [-0.2, -0.15) is 39.5 Å². The van der Waals surface area contributed by atoms with Crippen LogP contribution in [-0.4, -0.2) is 29.2 Å². The SMILES string of the molecule is C=C(F)N1C(F)(F)C(F)(F)OC(F)(F)C1(F)F. The molecule has 2 nitrogen and oxygen atoms in total. The first-order valence-corrected chi connectivity index (χ1v) is 3.63. The van der Waals surface area contributed by atoms with Crippen molar-refractivity contribution in [3.63, 3.8) is 0 Å². The van der Waals surface area contributed by atoms with E-state index in [2.05, 4.69) is 4.74 Å². The Balaban J connectivity index is 3.43. The van der Waals surface area contributed by atoms with Gasteiger partial charge in [0.2, 0.25) is 0 Å². The van der Waals surface area contributed by atoms with Crippen LogP contribution in [-0.2, 0) is 4.74 Å². The minimum Gasteiger partial charge on any atom is -0.242 e. The molecule has 0 saturated carbocycles. The Hall–Kier alpha value is -1.13. The van der Waals surface area contributed by atoms with E-state index < -0.39 is 35.2 Å². The van der Waals surface area contributed by atoms with Crippen molar-refractivity contribution in [3.05, 3.63) is 12.5 Å². The molecule has 0 N–H and O–H groups in total. The summed E-state index contributed by atoms with van der Waals surface area (Å²) in [6.45, 7) is 1.88. The maximum atomic E-state index is 12.7. The van der Waals surface area contributed by atoms with Gasteiger partial charge in [-0.1, -0.05) is 0 Å². The van der Waals surface area contributed by atoms with Crippen LogP contribution in [0.3, 0.4) is 0 Å². The number of ether oxygens (including phenoxy) is 1. The molecule has 0 bridgehead atoms. The molecular formula is C6H2F9NO. The van der Waals surface area contributed by atoms with Crippen LogP contribution in [0.1, 0.15) is 0 Å². The number of halogens is 9. The van der Waals surface area contributed by atoms with Gasteiger partial charge in [0.1, 0.15) is 0 Å². The van der Waals surface area contributed by atoms with E-state index in [0.29, 0.717) is 0 Å². The van der Waals surface area contributed by atoms with Gasteiger partial charge in [0.15, 0.2) is 5.95 Å². The normalized spacial score (nSPS) is 28.9. The zero-order valence-electron chi connectivity index (χ0n) is 7.46. The van der Waals surface area contributed by atoms with Crippen LogP contribution >= 0.6 is 0 Å². The second kappa shape index (κ2) is 3.21. The predicted octanol–water partition coefficient (Wildman–Crippen LogP) is 3.13. The van der Waals surface area contributed by atoms with Gasteiger partial charge in [-0.05, 0) is 6.58 Å². The van der Waals surface area contributed by atoms with Crippen molar-refractivity contribution in [2.24, 2.45) is 0 Å². The highest BCUT2D eigenvalue weighted by molar-refractivity contribution is 5.02. The summed E-state index contributed by atoms with van der Waals surface area (Å²) in [5.74, 6) is -2.86. The van der Waals surface area contributed by atoms with Gasteiger partial charge in [-0.3, -0.25) is 0 Å². The lowest BCUT2D eigenvalue weighted by atomic mass is 10.3. The van der Waals surface area contributed by atoms with Crippen LogP contribution in [0.15, 0.2) is 12.5 Å². The van der Waals surface area contributed by atoms with E-state index in [1.54, 1.807) is 0 Å². The van der Waals surface area contributed by atoms with Gasteiger partial charge in [-0.15, -0.1) is 0 Å². The Kier molecular flexibility index (Phi) is 2.63. The topological polar surface area (TPSA) is 12.5 Å². The highest BCUT2D eigenvalue weighted by Crippen LogP contribution is 2.56. The number of alkyl halides is 8. The molecule has 0 aromatic rings. The summed E-state index contributed by atoms with van der Waals surface area (Å²) < 4.78 is 115. The zero-order chi connectivity index (χ0) is 13.9. The maximum Gasteiger partial charge on any atom is 0.445 e. The molecule has 11 heteroatoms. The van der Waals surface area contributed by atoms with Gasteiger partial charge < -0.3 is 0 Å². The molecule has 17 heavy (non-hydrogen) atoms. The predicted molar refractivity (Wildman–Crippen MR) is 33.0 cm³/mol. The van der Waals surface area contributed by atoms with Crippen LogP contribution in [0.2, 0.25) is 0 Å². The second-order valence-electron chi connectivity index (χ2n) is 2.93. The standard InChI is InChI=1S/C6H2F9NO/c1-2(7)16-3(8,9)5(12,13)17-6(14,15)4(16,10)11/h1H2. The van der Waals surface area contributed by atoms with Gasteiger partial charge in [0.05, 0.1) is 0 Å². The van der Waals surface area contributed by atoms with Crippen molar-refractivity contribution in [3.8, 4) is 0 Å². The van der Waals surface area contributed by atoms with E-state index in [1.807, 2.05) is 6.58 Å². The number of rotatable bonds is 1. The van der Waals surface area contributed by atoms with Crippen molar-refractivity contribution < 1.29 is 44.3 Å². The Morgan fingerprint density at radius 1 is 0.824 bits per heavy atom. The van der Waals surface area contributed by atoms with Crippen LogP contribution in [0.5, 0.6) is 0 Å². The van der Waals surface area contributed by atoms with Crippen molar-refractivity contribution >= 4 is 0 Å². The smallest absolute Gasteiger partial charge is 0.242 e. The molecule has 0 radical (unpaired) electrons. The first kappa shape index (κ1) is 13.9. The van der Waals surface area contributed by atoms with E-state index in [-0.39, 0.29) is 0 Å². The van der Waals surface area contributed by atoms with E-state index in [4.69, 9.17) is 0 Å². The third kappa shape index (κ3) is 1.63. The van der Waals surface area contributed by atoms with Crippen LogP contribution < -0.4 is 0 Å². The largest absolute Gasteiger partial charge is 0.445 e. The van der Waals surface area contributed by atoms with Gasteiger partial charge in [0.25, 0.3) is 0 Å². The Morgan fingerprint density at radius 2 is 1.12 bits per heavy atom. The lowest BCUT2D eigenvalue weighted by Gasteiger charge is -2.46. The number of hydrogen-bond acceptors (Lipinski definition) is 2. The molecule has 0 aliphatic carbocycles. The Bertz CT molecular complexity index is 325. The van der Waals surface area contributed by atoms with Crippen molar-refractivity contribution in [2.75, 3.05) is 0 Å². The number of morpholine rings is 1. The van der Waals surface area contributed by atoms with Crippen LogP contribution in [0, 0.1) is 0 Å². The average molecular weight is 275 g/mol. The molecule has 1 aliphatic heterocycles. The highest BCUT2D eigenvalue weighted by Gasteiger charge is 2.83. The molecule has 0 unspecified atom stereocenters. The summed E-state index contributed by atoms with van der Waals surface area (Å²) in [7, 11) is 0. The molecule has 0 spiro atoms. The third-order valence-electron chi connectivity index (χ3n) is 1.76. The van der Waals surface area contributed by atoms with Crippen molar-refractivity contribution in [2.45, 2.75) is 24.3 Å². The summed E-state index contributed by atoms with van der Waals surface area (Å²) in [4.78, 5) is -2.41. The Labute approximate surface area is 87.2 Å². The highest BCUT2D eigenvalue weighted by atomic mass is 19.4. The second-order valence-corrected chi connectivity index (χ2v) is 2.93. The maximum absolute atomic E-state index is 12.7. The summed E-state index contributed by atoms with van der Waals surface area (Å²) in [6.07, 6.45) is -12.0. The average Bonchev–Trinajstić information content (AvgIpc) is 1.96. The van der Waals surface area contributed by atoms with E-state index in [0.717, 1.165) is 0 Å². The fourth-order valence-corrected chi connectivity index (χ4v) is 1.03. The van der Waals surface area contributed by atoms with Gasteiger partial charge >= 0.3 is 24.3 Å². The van der Waals surface area contributed by atoms with Crippen molar-refractivity contribution in [1.29, 1.82) is 0 Å². The van der Waals surface area contributed by atoms with Crippen LogP contribution in [0.25, 0.3) is 0 Å². The van der Waals surface area contributed by atoms with Crippen molar-refractivity contribution in [1.82, 2.24) is 4.90 Å². The third-order valence-corrected chi connectivity index (χ3v) is 1.76. The van der Waals surface area contributed by atoms with E-state index in [9.17, 15) is 39.5 Å². The van der Waals surface area contributed by atoms with Gasteiger partial charge in [-0.25, -0.2) is 9.64 Å². The molecular weight excluding hydrogens is 273 g/mol. The number of nitrogens with zero attached hydrogens (tertiary/aromatic N) is 1. The molecule has 100 valence electrons. The molecule has 0 amide bonds. The van der Waals surface area contributed by atoms with Gasteiger partial charge in [0, 0.05) is 0 Å². The molecule has 1 saturated heterocycles. The van der Waals surface area contributed by atoms with Crippen LogP contribution in [0.4, 0.5) is 39.5 Å². The monoisotopic (exact) mass is 275 g/mol. The lowest BCUT2D eigenvalue weighted by Crippen LogP contribution is -2.73. The zero-order valence-corrected chi connectivity index (χ0v) is 7.46. The summed E-state index contributed by atoms with van der Waals surface area (Å²) in [5, 5.41) is 0. The molecule has 0 aromatic heterocycles. The fourth-order valence-electron chi connectivity index (χ4n) is 1.03. The lowest BCUT2D eigenvalue weighted by molar-refractivity contribution is -0.559. The minimum atomic E-state index is -6.02. The Morgan fingerprint density at radius 3 is 1.35 bits per heavy atom. The minimum absolute atomic E-state index is 1.88. The van der Waals surface area contributed by atoms with E-state index in [1.165, 1.54) is 0 Å². The molecule has 1 heterocycles. The van der Waals surface area contributed by atoms with E-state index >= 15 is 0 Å². The number of hydrogen-bond donors (Lipinski definition) is 0. The molecule has 1 aliphatic rings. The molecule has 0 atom stereocenters. The molecule has 1 fully saturated rings. The summed E-state index contributed by atoms with van der Waals surface area (Å²) in [6, 6.07) is -12.0. The molecule has 1 rings (SSSR count). The fraction of sp³-hybridized carbons (Fsp3) is 0.667. The molecule has 0 aromatic carbocycles.